The molecule has 0 spiro atoms. The largest absolute Gasteiger partial charge is 0.432 e. The molecule has 0 atom stereocenters. The zero-order valence-electron chi connectivity index (χ0n) is 17.4. The normalized spacial score (nSPS) is 14.2. The van der Waals surface area contributed by atoms with E-state index in [1.165, 1.54) is 37.1 Å². The van der Waals surface area contributed by atoms with Gasteiger partial charge in [0, 0.05) is 23.2 Å². The SMILES string of the molecule is O=C(CSc1ccccc1C(=O)Nc1ccc(OC(F)F)c(F)c1)NCC1CCCCC1. The van der Waals surface area contributed by atoms with Gasteiger partial charge in [-0.3, -0.25) is 9.59 Å². The molecule has 1 saturated carbocycles. The van der Waals surface area contributed by atoms with E-state index in [1.54, 1.807) is 24.3 Å². The van der Waals surface area contributed by atoms with Crippen molar-refractivity contribution in [3.63, 3.8) is 0 Å². The van der Waals surface area contributed by atoms with Crippen molar-refractivity contribution in [1.29, 1.82) is 0 Å². The minimum absolute atomic E-state index is 0.0903. The Bertz CT molecular complexity index is 936. The Balaban J connectivity index is 1.56. The van der Waals surface area contributed by atoms with Crippen LogP contribution in [0.15, 0.2) is 47.4 Å². The maximum atomic E-state index is 13.9. The van der Waals surface area contributed by atoms with Gasteiger partial charge in [-0.05, 0) is 43.0 Å². The van der Waals surface area contributed by atoms with E-state index < -0.39 is 24.1 Å². The molecule has 9 heteroatoms. The van der Waals surface area contributed by atoms with Crippen molar-refractivity contribution in [2.45, 2.75) is 43.6 Å². The fraction of sp³-hybridized carbons (Fsp3) is 0.391. The van der Waals surface area contributed by atoms with Crippen molar-refractivity contribution >= 4 is 29.3 Å². The van der Waals surface area contributed by atoms with Crippen LogP contribution in [-0.2, 0) is 4.79 Å². The van der Waals surface area contributed by atoms with E-state index in [2.05, 4.69) is 15.4 Å². The molecule has 1 aliphatic rings. The molecular weight excluding hydrogens is 441 g/mol. The molecule has 0 saturated heterocycles. The van der Waals surface area contributed by atoms with E-state index in [1.807, 2.05) is 0 Å². The fourth-order valence-corrected chi connectivity index (χ4v) is 4.47. The average Bonchev–Trinajstić information content (AvgIpc) is 2.78. The predicted octanol–water partition coefficient (Wildman–Crippen LogP) is 5.47. The zero-order chi connectivity index (χ0) is 22.9. The van der Waals surface area contributed by atoms with Gasteiger partial charge in [0.05, 0.1) is 11.3 Å². The highest BCUT2D eigenvalue weighted by Gasteiger charge is 2.17. The van der Waals surface area contributed by atoms with Gasteiger partial charge in [0.2, 0.25) is 5.91 Å². The van der Waals surface area contributed by atoms with Crippen LogP contribution >= 0.6 is 11.8 Å². The lowest BCUT2D eigenvalue weighted by atomic mass is 9.89. The second-order valence-electron chi connectivity index (χ2n) is 7.57. The third-order valence-corrected chi connectivity index (χ3v) is 6.28. The standard InChI is InChI=1S/C23H25F3N2O3S/c24-18-12-16(10-11-19(18)31-23(25)26)28-22(30)17-8-4-5-9-20(17)32-14-21(29)27-13-15-6-2-1-3-7-15/h4-5,8-12,15,23H,1-3,6-7,13-14H2,(H,27,29)(H,28,30). The van der Waals surface area contributed by atoms with Crippen molar-refractivity contribution in [2.24, 2.45) is 5.92 Å². The quantitative estimate of drug-likeness (QED) is 0.481. The molecule has 3 rings (SSSR count). The Labute approximate surface area is 189 Å². The van der Waals surface area contributed by atoms with E-state index in [0.29, 0.717) is 22.9 Å². The van der Waals surface area contributed by atoms with Gasteiger partial charge in [-0.25, -0.2) is 4.39 Å². The van der Waals surface area contributed by atoms with Crippen LogP contribution in [0, 0.1) is 11.7 Å². The van der Waals surface area contributed by atoms with E-state index in [-0.39, 0.29) is 17.3 Å². The molecule has 5 nitrogen and oxygen atoms in total. The fourth-order valence-electron chi connectivity index (χ4n) is 3.59. The number of carbonyl (C=O) groups excluding carboxylic acids is 2. The Hall–Kier alpha value is -2.68. The lowest BCUT2D eigenvalue weighted by molar-refractivity contribution is -0.118. The summed E-state index contributed by atoms with van der Waals surface area (Å²) in [6, 6.07) is 9.97. The summed E-state index contributed by atoms with van der Waals surface area (Å²) in [6.45, 7) is -2.47. The number of rotatable bonds is 9. The second-order valence-corrected chi connectivity index (χ2v) is 8.59. The summed E-state index contributed by atoms with van der Waals surface area (Å²) in [4.78, 5) is 25.5. The van der Waals surface area contributed by atoms with E-state index in [0.717, 1.165) is 25.0 Å². The zero-order valence-corrected chi connectivity index (χ0v) is 18.2. The summed E-state index contributed by atoms with van der Waals surface area (Å²) in [5, 5.41) is 5.51. The third kappa shape index (κ3) is 7.19. The number of hydrogen-bond acceptors (Lipinski definition) is 4. The number of nitrogens with one attached hydrogen (secondary N) is 2. The lowest BCUT2D eigenvalue weighted by Crippen LogP contribution is -2.31. The number of amides is 2. The lowest BCUT2D eigenvalue weighted by Gasteiger charge is -2.21. The van der Waals surface area contributed by atoms with Gasteiger partial charge in [-0.1, -0.05) is 31.4 Å². The molecule has 1 aliphatic carbocycles. The van der Waals surface area contributed by atoms with Gasteiger partial charge in [0.1, 0.15) is 0 Å². The van der Waals surface area contributed by atoms with Crippen molar-refractivity contribution < 1.29 is 27.5 Å². The van der Waals surface area contributed by atoms with Crippen molar-refractivity contribution in [3.05, 3.63) is 53.8 Å². The Morgan fingerprint density at radius 1 is 1.09 bits per heavy atom. The van der Waals surface area contributed by atoms with Crippen LogP contribution in [0.3, 0.4) is 0 Å². The van der Waals surface area contributed by atoms with Crippen molar-refractivity contribution in [3.8, 4) is 5.75 Å². The van der Waals surface area contributed by atoms with Crippen molar-refractivity contribution in [2.75, 3.05) is 17.6 Å². The molecule has 172 valence electrons. The number of thioether (sulfide) groups is 1. The predicted molar refractivity (Wildman–Crippen MR) is 118 cm³/mol. The van der Waals surface area contributed by atoms with Crippen LogP contribution in [0.25, 0.3) is 0 Å². The molecule has 2 aromatic rings. The number of halogens is 3. The van der Waals surface area contributed by atoms with Gasteiger partial charge in [-0.2, -0.15) is 8.78 Å². The highest BCUT2D eigenvalue weighted by Crippen LogP contribution is 2.26. The van der Waals surface area contributed by atoms with Crippen LogP contribution in [0.2, 0.25) is 0 Å². The molecule has 0 unspecified atom stereocenters. The first-order valence-electron chi connectivity index (χ1n) is 10.5. The second kappa shape index (κ2) is 11.8. The first-order chi connectivity index (χ1) is 15.4. The van der Waals surface area contributed by atoms with Crippen LogP contribution in [-0.4, -0.2) is 30.7 Å². The van der Waals surface area contributed by atoms with E-state index in [9.17, 15) is 22.8 Å². The van der Waals surface area contributed by atoms with Gasteiger partial charge in [0.15, 0.2) is 11.6 Å². The van der Waals surface area contributed by atoms with Gasteiger partial charge < -0.3 is 15.4 Å². The molecule has 1 fully saturated rings. The van der Waals surface area contributed by atoms with Crippen LogP contribution in [0.1, 0.15) is 42.5 Å². The Morgan fingerprint density at radius 3 is 2.56 bits per heavy atom. The summed E-state index contributed by atoms with van der Waals surface area (Å²) in [5.74, 6) is -1.50. The molecule has 0 bridgehead atoms. The first kappa shape index (κ1) is 24.0. The maximum absolute atomic E-state index is 13.9. The van der Waals surface area contributed by atoms with Crippen LogP contribution < -0.4 is 15.4 Å². The number of benzene rings is 2. The number of alkyl halides is 2. The number of hydrogen-bond donors (Lipinski definition) is 2. The molecule has 0 aliphatic heterocycles. The Kier molecular flexibility index (Phi) is 8.84. The minimum Gasteiger partial charge on any atom is -0.432 e. The third-order valence-electron chi connectivity index (χ3n) is 5.21. The summed E-state index contributed by atoms with van der Waals surface area (Å²) in [6.07, 6.45) is 5.98. The average molecular weight is 467 g/mol. The summed E-state index contributed by atoms with van der Waals surface area (Å²) < 4.78 is 42.5. The van der Waals surface area contributed by atoms with Gasteiger partial charge in [-0.15, -0.1) is 11.8 Å². The Morgan fingerprint density at radius 2 is 1.84 bits per heavy atom. The molecule has 2 N–H and O–H groups in total. The maximum Gasteiger partial charge on any atom is 0.387 e. The highest BCUT2D eigenvalue weighted by molar-refractivity contribution is 8.00. The van der Waals surface area contributed by atoms with Crippen LogP contribution in [0.4, 0.5) is 18.9 Å². The minimum atomic E-state index is -3.14. The molecule has 0 heterocycles. The molecule has 0 aromatic heterocycles. The summed E-state index contributed by atoms with van der Waals surface area (Å²) in [5.41, 5.74) is 0.421. The first-order valence-corrected chi connectivity index (χ1v) is 11.4. The summed E-state index contributed by atoms with van der Waals surface area (Å²) in [7, 11) is 0. The summed E-state index contributed by atoms with van der Waals surface area (Å²) >= 11 is 1.24. The molecule has 0 radical (unpaired) electrons. The van der Waals surface area contributed by atoms with E-state index in [4.69, 9.17) is 0 Å². The smallest absolute Gasteiger partial charge is 0.387 e. The van der Waals surface area contributed by atoms with Crippen molar-refractivity contribution in [1.82, 2.24) is 5.32 Å². The molecule has 2 aromatic carbocycles. The molecular formula is C23H25F3N2O3S. The van der Waals surface area contributed by atoms with Gasteiger partial charge in [0.25, 0.3) is 5.91 Å². The highest BCUT2D eigenvalue weighted by atomic mass is 32.2. The van der Waals surface area contributed by atoms with Crippen LogP contribution in [0.5, 0.6) is 5.75 Å². The topological polar surface area (TPSA) is 67.4 Å². The number of ether oxygens (including phenoxy) is 1. The molecule has 32 heavy (non-hydrogen) atoms. The number of carbonyl (C=O) groups is 2. The molecule has 2 amide bonds. The van der Waals surface area contributed by atoms with E-state index >= 15 is 0 Å². The monoisotopic (exact) mass is 466 g/mol. The number of anilines is 1. The van der Waals surface area contributed by atoms with Gasteiger partial charge >= 0.3 is 6.61 Å².